The smallest absolute Gasteiger partial charge is 0.240 e. The Morgan fingerprint density at radius 3 is 2.35 bits per heavy atom. The van der Waals surface area contributed by atoms with Crippen LogP contribution in [0.15, 0.2) is 48.5 Å². The zero-order chi connectivity index (χ0) is 19.2. The molecule has 26 heavy (non-hydrogen) atoms. The van der Waals surface area contributed by atoms with E-state index in [-0.39, 0.29) is 19.7 Å². The summed E-state index contributed by atoms with van der Waals surface area (Å²) < 4.78 is 31.5. The van der Waals surface area contributed by atoms with E-state index in [0.717, 1.165) is 14.1 Å². The van der Waals surface area contributed by atoms with Crippen molar-refractivity contribution in [1.29, 1.82) is 0 Å². The fraction of sp³-hybridized carbons (Fsp3) is 0.235. The van der Waals surface area contributed by atoms with Crippen LogP contribution in [0.5, 0.6) is 5.75 Å². The van der Waals surface area contributed by atoms with Crippen LogP contribution in [0.25, 0.3) is 0 Å². The van der Waals surface area contributed by atoms with Crippen LogP contribution in [0.3, 0.4) is 0 Å². The number of halogens is 2. The van der Waals surface area contributed by atoms with Crippen molar-refractivity contribution >= 4 is 55.8 Å². The van der Waals surface area contributed by atoms with Gasteiger partial charge < -0.3 is 10.1 Å². The summed E-state index contributed by atoms with van der Waals surface area (Å²) in [7, 11) is -3.58. The van der Waals surface area contributed by atoms with Crippen molar-refractivity contribution in [2.24, 2.45) is 0 Å². The summed E-state index contributed by atoms with van der Waals surface area (Å²) in [4.78, 5) is 12.1. The number of carbonyl (C=O) groups excluding carboxylic acids is 1. The second-order valence-electron chi connectivity index (χ2n) is 5.40. The van der Waals surface area contributed by atoms with Gasteiger partial charge in [-0.05, 0) is 71.1 Å². The highest BCUT2D eigenvalue weighted by molar-refractivity contribution is 14.1. The van der Waals surface area contributed by atoms with Crippen molar-refractivity contribution in [2.75, 3.05) is 30.3 Å². The van der Waals surface area contributed by atoms with Crippen molar-refractivity contribution in [3.05, 3.63) is 57.1 Å². The Morgan fingerprint density at radius 1 is 1.15 bits per heavy atom. The van der Waals surface area contributed by atoms with Crippen molar-refractivity contribution in [2.45, 2.75) is 0 Å². The van der Waals surface area contributed by atoms with Crippen LogP contribution in [0.1, 0.15) is 0 Å². The largest absolute Gasteiger partial charge is 0.492 e. The lowest BCUT2D eigenvalue weighted by atomic mass is 10.3. The molecule has 0 aliphatic carbocycles. The number of amides is 1. The molecule has 0 atom stereocenters. The van der Waals surface area contributed by atoms with Gasteiger partial charge in [-0.1, -0.05) is 11.6 Å². The SMILES string of the molecule is CS(=O)(=O)N(CC(=O)NCCOc1ccc(Cl)cc1)c1ccc(I)cc1. The summed E-state index contributed by atoms with van der Waals surface area (Å²) in [6.07, 6.45) is 1.07. The molecule has 0 aliphatic rings. The highest BCUT2D eigenvalue weighted by Crippen LogP contribution is 2.19. The number of nitrogens with zero attached hydrogens (tertiary/aromatic N) is 1. The quantitative estimate of drug-likeness (QED) is 0.440. The summed E-state index contributed by atoms with van der Waals surface area (Å²) in [6, 6.07) is 13.8. The molecule has 0 unspecified atom stereocenters. The van der Waals surface area contributed by atoms with E-state index in [9.17, 15) is 13.2 Å². The minimum Gasteiger partial charge on any atom is -0.492 e. The molecule has 0 radical (unpaired) electrons. The number of hydrogen-bond acceptors (Lipinski definition) is 4. The van der Waals surface area contributed by atoms with Gasteiger partial charge in [-0.15, -0.1) is 0 Å². The topological polar surface area (TPSA) is 75.7 Å². The molecule has 2 aromatic carbocycles. The van der Waals surface area contributed by atoms with E-state index >= 15 is 0 Å². The van der Waals surface area contributed by atoms with Crippen LogP contribution in [-0.4, -0.2) is 40.3 Å². The first kappa shape index (κ1) is 20.8. The normalized spacial score (nSPS) is 11.0. The van der Waals surface area contributed by atoms with Crippen LogP contribution >= 0.6 is 34.2 Å². The molecule has 2 aromatic rings. The maximum absolute atomic E-state index is 12.1. The Morgan fingerprint density at radius 2 is 1.77 bits per heavy atom. The predicted molar refractivity (Wildman–Crippen MR) is 111 cm³/mol. The number of ether oxygens (including phenoxy) is 1. The van der Waals surface area contributed by atoms with E-state index in [0.29, 0.717) is 16.5 Å². The van der Waals surface area contributed by atoms with Gasteiger partial charge in [0.15, 0.2) is 0 Å². The fourth-order valence-corrected chi connectivity index (χ4v) is 3.43. The van der Waals surface area contributed by atoms with Crippen LogP contribution < -0.4 is 14.4 Å². The van der Waals surface area contributed by atoms with Gasteiger partial charge in [0.05, 0.1) is 18.5 Å². The molecule has 0 fully saturated rings. The molecule has 0 aliphatic heterocycles. The second kappa shape index (κ2) is 9.43. The van der Waals surface area contributed by atoms with E-state index in [1.54, 1.807) is 48.5 Å². The first-order chi connectivity index (χ1) is 12.3. The third kappa shape index (κ3) is 6.65. The van der Waals surface area contributed by atoms with E-state index in [1.807, 2.05) is 0 Å². The van der Waals surface area contributed by atoms with Crippen LogP contribution in [0.2, 0.25) is 5.02 Å². The Labute approximate surface area is 171 Å². The third-order valence-electron chi connectivity index (χ3n) is 3.31. The molecule has 2 rings (SSSR count). The number of hydrogen-bond donors (Lipinski definition) is 1. The lowest BCUT2D eigenvalue weighted by Crippen LogP contribution is -2.41. The molecule has 0 spiro atoms. The number of anilines is 1. The molecule has 0 heterocycles. The van der Waals surface area contributed by atoms with E-state index in [1.165, 1.54) is 0 Å². The summed E-state index contributed by atoms with van der Waals surface area (Å²) in [5.74, 6) is 0.231. The van der Waals surface area contributed by atoms with Gasteiger partial charge in [-0.3, -0.25) is 9.10 Å². The first-order valence-electron chi connectivity index (χ1n) is 7.64. The third-order valence-corrected chi connectivity index (χ3v) is 5.42. The Kier molecular flexibility index (Phi) is 7.54. The molecule has 6 nitrogen and oxygen atoms in total. The zero-order valence-electron chi connectivity index (χ0n) is 14.0. The molecular weight excluding hydrogens is 491 g/mol. The predicted octanol–water partition coefficient (Wildman–Crippen LogP) is 2.91. The fourth-order valence-electron chi connectivity index (χ4n) is 2.08. The number of carbonyl (C=O) groups is 1. The lowest BCUT2D eigenvalue weighted by molar-refractivity contribution is -0.119. The molecule has 0 aromatic heterocycles. The Bertz CT molecular complexity index is 842. The monoisotopic (exact) mass is 508 g/mol. The lowest BCUT2D eigenvalue weighted by Gasteiger charge is -2.22. The molecule has 140 valence electrons. The molecule has 0 saturated heterocycles. The number of rotatable bonds is 8. The van der Waals surface area contributed by atoms with Crippen molar-refractivity contribution < 1.29 is 17.9 Å². The minimum atomic E-state index is -3.58. The Balaban J connectivity index is 1.87. The van der Waals surface area contributed by atoms with Gasteiger partial charge in [0, 0.05) is 8.59 Å². The summed E-state index contributed by atoms with van der Waals surface area (Å²) in [5, 5.41) is 3.26. The van der Waals surface area contributed by atoms with Gasteiger partial charge in [0.2, 0.25) is 15.9 Å². The standard InChI is InChI=1S/C17H18ClIN2O4S/c1-26(23,24)21(15-6-4-14(19)5-7-15)12-17(22)20-10-11-25-16-8-2-13(18)3-9-16/h2-9H,10-12H2,1H3,(H,20,22). The van der Waals surface area contributed by atoms with Crippen molar-refractivity contribution in [1.82, 2.24) is 5.32 Å². The van der Waals surface area contributed by atoms with Crippen LogP contribution in [0, 0.1) is 3.57 Å². The Hall–Kier alpha value is -1.52. The molecule has 1 amide bonds. The van der Waals surface area contributed by atoms with E-state index < -0.39 is 15.9 Å². The number of sulfonamides is 1. The zero-order valence-corrected chi connectivity index (χ0v) is 17.7. The maximum atomic E-state index is 12.1. The molecule has 0 saturated carbocycles. The van der Waals surface area contributed by atoms with Gasteiger partial charge in [-0.2, -0.15) is 0 Å². The molecule has 9 heteroatoms. The second-order valence-corrected chi connectivity index (χ2v) is 8.99. The molecular formula is C17H18ClIN2O4S. The van der Waals surface area contributed by atoms with E-state index in [4.69, 9.17) is 16.3 Å². The number of benzene rings is 2. The first-order valence-corrected chi connectivity index (χ1v) is 10.9. The highest BCUT2D eigenvalue weighted by atomic mass is 127. The van der Waals surface area contributed by atoms with Crippen LogP contribution in [0.4, 0.5) is 5.69 Å². The summed E-state index contributed by atoms with van der Waals surface area (Å²) in [5.41, 5.74) is 0.445. The average Bonchev–Trinajstić information content (AvgIpc) is 2.58. The van der Waals surface area contributed by atoms with Gasteiger partial charge in [0.25, 0.3) is 0 Å². The van der Waals surface area contributed by atoms with E-state index in [2.05, 4.69) is 27.9 Å². The van der Waals surface area contributed by atoms with Crippen molar-refractivity contribution in [3.63, 3.8) is 0 Å². The van der Waals surface area contributed by atoms with Crippen molar-refractivity contribution in [3.8, 4) is 5.75 Å². The number of nitrogens with one attached hydrogen (secondary N) is 1. The average molecular weight is 509 g/mol. The highest BCUT2D eigenvalue weighted by Gasteiger charge is 2.20. The van der Waals surface area contributed by atoms with Gasteiger partial charge >= 0.3 is 0 Å². The summed E-state index contributed by atoms with van der Waals surface area (Å²) in [6.45, 7) is 0.224. The van der Waals surface area contributed by atoms with Crippen LogP contribution in [-0.2, 0) is 14.8 Å². The minimum absolute atomic E-state index is 0.256. The van der Waals surface area contributed by atoms with Gasteiger partial charge in [-0.25, -0.2) is 8.42 Å². The summed E-state index contributed by atoms with van der Waals surface area (Å²) >= 11 is 7.92. The molecule has 0 bridgehead atoms. The van der Waals surface area contributed by atoms with Gasteiger partial charge in [0.1, 0.15) is 18.9 Å². The maximum Gasteiger partial charge on any atom is 0.240 e. The molecule has 1 N–H and O–H groups in total.